The van der Waals surface area contributed by atoms with Gasteiger partial charge in [-0.25, -0.2) is 0 Å². The molecule has 0 unspecified atom stereocenters. The number of unbranched alkanes of at least 4 members (excludes halogenated alkanes) is 13. The van der Waals surface area contributed by atoms with Gasteiger partial charge in [0.1, 0.15) is 0 Å². The summed E-state index contributed by atoms with van der Waals surface area (Å²) >= 11 is 0. The third kappa shape index (κ3) is 19.4. The van der Waals surface area contributed by atoms with Crippen LogP contribution in [0.15, 0.2) is 24.3 Å². The monoisotopic (exact) mass is 293 g/mol. The molecule has 0 rings (SSSR count). The normalized spacial score (nSPS) is 11.9. The Morgan fingerprint density at radius 3 is 1.48 bits per heavy atom. The zero-order valence-electron chi connectivity index (χ0n) is 14.5. The summed E-state index contributed by atoms with van der Waals surface area (Å²) in [5.41, 5.74) is 5.37. The maximum absolute atomic E-state index is 5.37. The highest BCUT2D eigenvalue weighted by molar-refractivity contribution is 5.02. The van der Waals surface area contributed by atoms with Crippen LogP contribution in [-0.4, -0.2) is 6.54 Å². The number of allylic oxidation sites excluding steroid dienone is 3. The first kappa shape index (κ1) is 20.4. The van der Waals surface area contributed by atoms with E-state index in [0.717, 1.165) is 0 Å². The highest BCUT2D eigenvalue weighted by Crippen LogP contribution is 2.12. The predicted octanol–water partition coefficient (Wildman–Crippen LogP) is 6.54. The van der Waals surface area contributed by atoms with Crippen LogP contribution < -0.4 is 5.73 Å². The van der Waals surface area contributed by atoms with Crippen LogP contribution in [0, 0.1) is 0 Å². The molecular weight excluding hydrogens is 254 g/mol. The molecule has 0 aromatic carbocycles. The van der Waals surface area contributed by atoms with Crippen molar-refractivity contribution in [2.45, 2.75) is 96.8 Å². The molecule has 0 saturated heterocycles. The average molecular weight is 294 g/mol. The number of hydrogen-bond acceptors (Lipinski definition) is 1. The van der Waals surface area contributed by atoms with E-state index >= 15 is 0 Å². The Morgan fingerprint density at radius 2 is 1.00 bits per heavy atom. The Balaban J connectivity index is 3.02. The lowest BCUT2D eigenvalue weighted by Crippen LogP contribution is -1.91. The standard InChI is InChI=1S/C20H39N/c1-2-3-4-5-6-7-8-9-10-11-12-13-14-15-16-17-18-19-20-21/h16-19H,2-15,20-21H2,1H3/b17-16+,19-18+. The molecule has 124 valence electrons. The van der Waals surface area contributed by atoms with Gasteiger partial charge in [0.25, 0.3) is 0 Å². The molecule has 0 aliphatic rings. The fourth-order valence-corrected chi connectivity index (χ4v) is 2.61. The van der Waals surface area contributed by atoms with Crippen LogP contribution in [0.3, 0.4) is 0 Å². The highest BCUT2D eigenvalue weighted by atomic mass is 14.5. The van der Waals surface area contributed by atoms with Crippen LogP contribution in [0.25, 0.3) is 0 Å². The number of nitrogens with two attached hydrogens (primary N) is 1. The predicted molar refractivity (Wildman–Crippen MR) is 97.6 cm³/mol. The molecule has 0 aromatic rings. The van der Waals surface area contributed by atoms with Crippen LogP contribution in [-0.2, 0) is 0 Å². The van der Waals surface area contributed by atoms with Gasteiger partial charge in [0.2, 0.25) is 0 Å². The lowest BCUT2D eigenvalue weighted by Gasteiger charge is -2.02. The highest BCUT2D eigenvalue weighted by Gasteiger charge is 1.93. The Labute approximate surface area is 134 Å². The second-order valence-electron chi connectivity index (χ2n) is 6.12. The van der Waals surface area contributed by atoms with E-state index in [1.54, 1.807) is 0 Å². The molecule has 0 heterocycles. The molecule has 1 heteroatoms. The van der Waals surface area contributed by atoms with Crippen molar-refractivity contribution in [1.29, 1.82) is 0 Å². The van der Waals surface area contributed by atoms with Crippen LogP contribution >= 0.6 is 0 Å². The van der Waals surface area contributed by atoms with Crippen LogP contribution in [0.5, 0.6) is 0 Å². The minimum Gasteiger partial charge on any atom is -0.327 e. The Morgan fingerprint density at radius 1 is 0.571 bits per heavy atom. The molecule has 0 spiro atoms. The lowest BCUT2D eigenvalue weighted by atomic mass is 10.0. The first-order valence-electron chi connectivity index (χ1n) is 9.43. The summed E-state index contributed by atoms with van der Waals surface area (Å²) in [4.78, 5) is 0. The van der Waals surface area contributed by atoms with Gasteiger partial charge in [0.05, 0.1) is 0 Å². The van der Waals surface area contributed by atoms with Gasteiger partial charge in [-0.05, 0) is 12.8 Å². The summed E-state index contributed by atoms with van der Waals surface area (Å²) < 4.78 is 0. The van der Waals surface area contributed by atoms with E-state index in [1.807, 2.05) is 12.2 Å². The van der Waals surface area contributed by atoms with E-state index in [4.69, 9.17) is 5.73 Å². The molecule has 0 saturated carbocycles. The summed E-state index contributed by atoms with van der Waals surface area (Å²) in [5.74, 6) is 0. The fourth-order valence-electron chi connectivity index (χ4n) is 2.61. The second-order valence-corrected chi connectivity index (χ2v) is 6.12. The SMILES string of the molecule is CCCCCCCCCCCCCCC/C=C/C=C/CN. The summed E-state index contributed by atoms with van der Waals surface area (Å²) in [6.45, 7) is 2.93. The molecule has 0 fully saturated rings. The molecule has 0 radical (unpaired) electrons. The van der Waals surface area contributed by atoms with E-state index in [-0.39, 0.29) is 0 Å². The second kappa shape index (κ2) is 19.4. The fraction of sp³-hybridized carbons (Fsp3) is 0.800. The molecule has 0 atom stereocenters. The van der Waals surface area contributed by atoms with Gasteiger partial charge in [0.15, 0.2) is 0 Å². The molecular formula is C20H39N. The molecule has 0 aromatic heterocycles. The van der Waals surface area contributed by atoms with Crippen molar-refractivity contribution in [3.05, 3.63) is 24.3 Å². The summed E-state index contributed by atoms with van der Waals surface area (Å²) in [6.07, 6.45) is 28.2. The minimum absolute atomic E-state index is 0.642. The summed E-state index contributed by atoms with van der Waals surface area (Å²) in [6, 6.07) is 0. The average Bonchev–Trinajstić information content (AvgIpc) is 2.50. The van der Waals surface area contributed by atoms with Crippen molar-refractivity contribution < 1.29 is 0 Å². The van der Waals surface area contributed by atoms with E-state index < -0.39 is 0 Å². The molecule has 0 bridgehead atoms. The van der Waals surface area contributed by atoms with Crippen molar-refractivity contribution in [3.8, 4) is 0 Å². The maximum Gasteiger partial charge on any atom is 0.0109 e. The Bertz CT molecular complexity index is 230. The summed E-state index contributed by atoms with van der Waals surface area (Å²) in [5, 5.41) is 0. The third-order valence-corrected chi connectivity index (χ3v) is 3.99. The topological polar surface area (TPSA) is 26.0 Å². The van der Waals surface area contributed by atoms with Gasteiger partial charge in [-0.1, -0.05) is 108 Å². The quantitative estimate of drug-likeness (QED) is 0.254. The largest absolute Gasteiger partial charge is 0.327 e. The third-order valence-electron chi connectivity index (χ3n) is 3.99. The van der Waals surface area contributed by atoms with Gasteiger partial charge in [-0.2, -0.15) is 0 Å². The molecule has 0 aliphatic heterocycles. The van der Waals surface area contributed by atoms with Crippen molar-refractivity contribution in [3.63, 3.8) is 0 Å². The first-order valence-corrected chi connectivity index (χ1v) is 9.43. The van der Waals surface area contributed by atoms with E-state index in [9.17, 15) is 0 Å². The van der Waals surface area contributed by atoms with Gasteiger partial charge >= 0.3 is 0 Å². The van der Waals surface area contributed by atoms with Crippen molar-refractivity contribution in [2.75, 3.05) is 6.54 Å². The Hall–Kier alpha value is -0.560. The number of rotatable bonds is 16. The summed E-state index contributed by atoms with van der Waals surface area (Å²) in [7, 11) is 0. The molecule has 0 amide bonds. The van der Waals surface area contributed by atoms with Crippen molar-refractivity contribution in [1.82, 2.24) is 0 Å². The van der Waals surface area contributed by atoms with Gasteiger partial charge < -0.3 is 5.73 Å². The van der Waals surface area contributed by atoms with Crippen LogP contribution in [0.4, 0.5) is 0 Å². The number of hydrogen-bond donors (Lipinski definition) is 1. The molecule has 2 N–H and O–H groups in total. The van der Waals surface area contributed by atoms with E-state index in [0.29, 0.717) is 6.54 Å². The van der Waals surface area contributed by atoms with Crippen molar-refractivity contribution >= 4 is 0 Å². The van der Waals surface area contributed by atoms with Crippen LogP contribution in [0.1, 0.15) is 96.8 Å². The minimum atomic E-state index is 0.642. The smallest absolute Gasteiger partial charge is 0.0109 e. The van der Waals surface area contributed by atoms with Gasteiger partial charge in [0, 0.05) is 6.54 Å². The van der Waals surface area contributed by atoms with Gasteiger partial charge in [-0.3, -0.25) is 0 Å². The van der Waals surface area contributed by atoms with Crippen molar-refractivity contribution in [2.24, 2.45) is 5.73 Å². The van der Waals surface area contributed by atoms with Gasteiger partial charge in [-0.15, -0.1) is 0 Å². The molecule has 0 aliphatic carbocycles. The van der Waals surface area contributed by atoms with E-state index in [2.05, 4.69) is 19.1 Å². The van der Waals surface area contributed by atoms with Crippen LogP contribution in [0.2, 0.25) is 0 Å². The zero-order chi connectivity index (χ0) is 15.4. The van der Waals surface area contributed by atoms with E-state index in [1.165, 1.54) is 89.9 Å². The maximum atomic E-state index is 5.37. The first-order chi connectivity index (χ1) is 10.4. The zero-order valence-corrected chi connectivity index (χ0v) is 14.5. The molecule has 21 heavy (non-hydrogen) atoms. The lowest BCUT2D eigenvalue weighted by molar-refractivity contribution is 0.540. The Kier molecular flexibility index (Phi) is 18.9. The molecule has 1 nitrogen and oxygen atoms in total.